The molecular formula is C18H17N5O2. The first kappa shape index (κ1) is 15.3. The average Bonchev–Trinajstić information content (AvgIpc) is 3.08. The summed E-state index contributed by atoms with van der Waals surface area (Å²) in [6.07, 6.45) is 4.75. The molecule has 1 aliphatic rings. The van der Waals surface area contributed by atoms with Crippen molar-refractivity contribution in [3.05, 3.63) is 54.5 Å². The van der Waals surface area contributed by atoms with Crippen LogP contribution in [0.4, 0.5) is 5.69 Å². The summed E-state index contributed by atoms with van der Waals surface area (Å²) in [6.45, 7) is 0.627. The van der Waals surface area contributed by atoms with Crippen molar-refractivity contribution in [2.75, 3.05) is 11.4 Å². The number of carbonyl (C=O) groups excluding carboxylic acids is 2. The maximum absolute atomic E-state index is 12.7. The van der Waals surface area contributed by atoms with Crippen LogP contribution in [0.2, 0.25) is 0 Å². The normalized spacial score (nSPS) is 17.7. The molecule has 0 spiro atoms. The summed E-state index contributed by atoms with van der Waals surface area (Å²) in [5, 5.41) is 10.5. The van der Waals surface area contributed by atoms with E-state index in [2.05, 4.69) is 20.5 Å². The van der Waals surface area contributed by atoms with Gasteiger partial charge in [-0.1, -0.05) is 18.2 Å². The van der Waals surface area contributed by atoms with Crippen LogP contribution in [-0.2, 0) is 4.79 Å². The van der Waals surface area contributed by atoms with E-state index >= 15 is 0 Å². The van der Waals surface area contributed by atoms with Crippen molar-refractivity contribution < 1.29 is 9.59 Å². The van der Waals surface area contributed by atoms with Crippen LogP contribution in [0.25, 0.3) is 10.9 Å². The third-order valence-corrected chi connectivity index (χ3v) is 4.39. The molecule has 0 saturated carbocycles. The van der Waals surface area contributed by atoms with Crippen molar-refractivity contribution in [3.63, 3.8) is 0 Å². The number of aromatic nitrogens is 3. The van der Waals surface area contributed by atoms with Crippen LogP contribution in [-0.4, -0.2) is 39.6 Å². The van der Waals surface area contributed by atoms with Gasteiger partial charge in [0.1, 0.15) is 6.04 Å². The molecule has 1 aromatic carbocycles. The van der Waals surface area contributed by atoms with Crippen molar-refractivity contribution in [1.29, 1.82) is 0 Å². The number of benzene rings is 1. The van der Waals surface area contributed by atoms with Crippen LogP contribution < -0.4 is 10.2 Å². The lowest BCUT2D eigenvalue weighted by Crippen LogP contribution is -2.52. The first-order chi connectivity index (χ1) is 12.2. The summed E-state index contributed by atoms with van der Waals surface area (Å²) in [7, 11) is 0. The molecule has 0 bridgehead atoms. The number of hydrogen-bond donors (Lipinski definition) is 2. The molecule has 2 amide bonds. The summed E-state index contributed by atoms with van der Waals surface area (Å²) in [5.41, 5.74) is 1.85. The van der Waals surface area contributed by atoms with Gasteiger partial charge < -0.3 is 10.2 Å². The smallest absolute Gasteiger partial charge is 0.273 e. The molecule has 0 aliphatic carbocycles. The minimum Gasteiger partial charge on any atom is -0.339 e. The van der Waals surface area contributed by atoms with E-state index in [-0.39, 0.29) is 11.8 Å². The third-order valence-electron chi connectivity index (χ3n) is 4.39. The highest BCUT2D eigenvalue weighted by Gasteiger charge is 2.31. The van der Waals surface area contributed by atoms with E-state index in [1.807, 2.05) is 30.3 Å². The molecule has 25 heavy (non-hydrogen) atoms. The van der Waals surface area contributed by atoms with Gasteiger partial charge in [0.05, 0.1) is 17.4 Å². The molecule has 1 fully saturated rings. The third kappa shape index (κ3) is 2.84. The number of aromatic amines is 1. The maximum Gasteiger partial charge on any atom is 0.273 e. The van der Waals surface area contributed by atoms with E-state index in [0.29, 0.717) is 18.7 Å². The fourth-order valence-electron chi connectivity index (χ4n) is 3.14. The molecule has 2 N–H and O–H groups in total. The molecule has 7 heteroatoms. The number of amides is 2. The molecule has 1 aliphatic heterocycles. The number of nitrogens with zero attached hydrogens (tertiary/aromatic N) is 3. The number of para-hydroxylation sites is 1. The van der Waals surface area contributed by atoms with Crippen LogP contribution in [0, 0.1) is 0 Å². The zero-order chi connectivity index (χ0) is 17.2. The van der Waals surface area contributed by atoms with E-state index in [0.717, 1.165) is 23.0 Å². The topological polar surface area (TPSA) is 91.0 Å². The second kappa shape index (κ2) is 6.35. The Kier molecular flexibility index (Phi) is 3.89. The van der Waals surface area contributed by atoms with Gasteiger partial charge in [-0.25, -0.2) is 0 Å². The zero-order valence-electron chi connectivity index (χ0n) is 13.5. The lowest BCUT2D eigenvalue weighted by Gasteiger charge is -2.32. The number of nitrogens with one attached hydrogen (secondary N) is 2. The van der Waals surface area contributed by atoms with Crippen molar-refractivity contribution in [3.8, 4) is 0 Å². The molecule has 0 radical (unpaired) electrons. The van der Waals surface area contributed by atoms with Gasteiger partial charge in [-0.15, -0.1) is 0 Å². The van der Waals surface area contributed by atoms with Gasteiger partial charge in [0.15, 0.2) is 5.69 Å². The van der Waals surface area contributed by atoms with Crippen molar-refractivity contribution in [1.82, 2.24) is 20.5 Å². The Hall–Kier alpha value is -3.22. The minimum atomic E-state index is -0.558. The SMILES string of the molecule is O=C(NC1CCCN(c2cccnc2)C1=O)c1n[nH]c2ccccc12. The van der Waals surface area contributed by atoms with Gasteiger partial charge in [-0.05, 0) is 31.0 Å². The molecule has 4 rings (SSSR count). The number of fused-ring (bicyclic) bond motifs is 1. The molecule has 1 saturated heterocycles. The highest BCUT2D eigenvalue weighted by atomic mass is 16.2. The van der Waals surface area contributed by atoms with Crippen molar-refractivity contribution in [2.24, 2.45) is 0 Å². The van der Waals surface area contributed by atoms with E-state index in [9.17, 15) is 9.59 Å². The summed E-state index contributed by atoms with van der Waals surface area (Å²) >= 11 is 0. The van der Waals surface area contributed by atoms with Crippen LogP contribution in [0.15, 0.2) is 48.8 Å². The van der Waals surface area contributed by atoms with Gasteiger partial charge in [0.2, 0.25) is 5.91 Å². The lowest BCUT2D eigenvalue weighted by atomic mass is 10.0. The van der Waals surface area contributed by atoms with Crippen LogP contribution in [0.5, 0.6) is 0 Å². The molecule has 126 valence electrons. The monoisotopic (exact) mass is 335 g/mol. The van der Waals surface area contributed by atoms with Crippen LogP contribution in [0.3, 0.4) is 0 Å². The maximum atomic E-state index is 12.7. The largest absolute Gasteiger partial charge is 0.339 e. The average molecular weight is 335 g/mol. The molecule has 1 atom stereocenters. The van der Waals surface area contributed by atoms with Gasteiger partial charge in [0.25, 0.3) is 5.91 Å². The molecule has 3 heterocycles. The first-order valence-electron chi connectivity index (χ1n) is 8.19. The standard InChI is InChI=1S/C18H17N5O2/c24-17(16-13-6-1-2-7-14(13)21-22-16)20-15-8-4-10-23(18(15)25)12-5-3-9-19-11-12/h1-3,5-7,9,11,15H,4,8,10H2,(H,20,24)(H,21,22). The van der Waals surface area contributed by atoms with Gasteiger partial charge in [0, 0.05) is 18.1 Å². The van der Waals surface area contributed by atoms with Crippen molar-refractivity contribution in [2.45, 2.75) is 18.9 Å². The number of anilines is 1. The highest BCUT2D eigenvalue weighted by Crippen LogP contribution is 2.21. The van der Waals surface area contributed by atoms with E-state index in [4.69, 9.17) is 0 Å². The highest BCUT2D eigenvalue weighted by molar-refractivity contribution is 6.07. The predicted molar refractivity (Wildman–Crippen MR) is 93.2 cm³/mol. The molecular weight excluding hydrogens is 318 g/mol. The zero-order valence-corrected chi connectivity index (χ0v) is 13.5. The molecule has 7 nitrogen and oxygen atoms in total. The quantitative estimate of drug-likeness (QED) is 0.764. The molecule has 2 aromatic heterocycles. The number of pyridine rings is 1. The van der Waals surface area contributed by atoms with E-state index < -0.39 is 6.04 Å². The fourth-order valence-corrected chi connectivity index (χ4v) is 3.14. The minimum absolute atomic E-state index is 0.118. The van der Waals surface area contributed by atoms with Crippen LogP contribution >= 0.6 is 0 Å². The summed E-state index contributed by atoms with van der Waals surface area (Å²) in [5.74, 6) is -0.462. The van der Waals surface area contributed by atoms with E-state index in [1.165, 1.54) is 0 Å². The van der Waals surface area contributed by atoms with Gasteiger partial charge >= 0.3 is 0 Å². The Labute approximate surface area is 144 Å². The number of carbonyl (C=O) groups is 2. The molecule has 1 unspecified atom stereocenters. The molecule has 3 aromatic rings. The van der Waals surface area contributed by atoms with Crippen LogP contribution in [0.1, 0.15) is 23.3 Å². The second-order valence-electron chi connectivity index (χ2n) is 5.99. The Morgan fingerprint density at radius 1 is 1.24 bits per heavy atom. The number of hydrogen-bond acceptors (Lipinski definition) is 4. The Morgan fingerprint density at radius 3 is 2.96 bits per heavy atom. The first-order valence-corrected chi connectivity index (χ1v) is 8.19. The number of H-pyrrole nitrogens is 1. The van der Waals surface area contributed by atoms with E-state index in [1.54, 1.807) is 23.4 Å². The van der Waals surface area contributed by atoms with Gasteiger partial charge in [-0.3, -0.25) is 19.7 Å². The summed E-state index contributed by atoms with van der Waals surface area (Å²) in [4.78, 5) is 31.1. The summed E-state index contributed by atoms with van der Waals surface area (Å²) < 4.78 is 0. The fraction of sp³-hybridized carbons (Fsp3) is 0.222. The Morgan fingerprint density at radius 2 is 2.12 bits per heavy atom. The number of piperidine rings is 1. The Balaban J connectivity index is 1.54. The Bertz CT molecular complexity index is 921. The second-order valence-corrected chi connectivity index (χ2v) is 5.99. The van der Waals surface area contributed by atoms with Gasteiger partial charge in [-0.2, -0.15) is 5.10 Å². The lowest BCUT2D eigenvalue weighted by molar-refractivity contribution is -0.121. The predicted octanol–water partition coefficient (Wildman–Crippen LogP) is 1.88. The van der Waals surface area contributed by atoms with Crippen molar-refractivity contribution >= 4 is 28.4 Å². The number of rotatable bonds is 3. The summed E-state index contributed by atoms with van der Waals surface area (Å²) in [6, 6.07) is 10.5.